The molecule has 0 aliphatic rings. The van der Waals surface area contributed by atoms with E-state index < -0.39 is 5.91 Å². The number of benzene rings is 1. The topological polar surface area (TPSA) is 153 Å². The van der Waals surface area contributed by atoms with Crippen molar-refractivity contribution in [2.45, 2.75) is 13.0 Å². The summed E-state index contributed by atoms with van der Waals surface area (Å²) < 4.78 is 6.60. The van der Waals surface area contributed by atoms with E-state index in [0.717, 1.165) is 9.13 Å². The van der Waals surface area contributed by atoms with Crippen molar-refractivity contribution < 1.29 is 9.53 Å². The number of nitrogens with one attached hydrogen (secondary N) is 2. The lowest BCUT2D eigenvalue weighted by Gasteiger charge is -2.11. The number of hydrogen-bond donors (Lipinski definition) is 4. The predicted octanol–water partition coefficient (Wildman–Crippen LogP) is 2.84. The Morgan fingerprint density at radius 2 is 1.97 bits per heavy atom. The number of hydrogen-bond acceptors (Lipinski definition) is 8. The fourth-order valence-electron chi connectivity index (χ4n) is 2.58. The summed E-state index contributed by atoms with van der Waals surface area (Å²) in [4.78, 5) is 28.8. The largest absolute Gasteiger partial charge is 0.478 e. The SMILES string of the molecule is NC(=NCCCOc1ccccn1)NC(=O)c1nc(Cl)c(NCc2ccc(I)cc2)nc1N. The van der Waals surface area contributed by atoms with Crippen molar-refractivity contribution in [2.75, 3.05) is 24.2 Å². The van der Waals surface area contributed by atoms with Crippen molar-refractivity contribution in [3.63, 3.8) is 0 Å². The molecule has 2 aromatic heterocycles. The zero-order valence-electron chi connectivity index (χ0n) is 17.5. The fraction of sp³-hybridized carbons (Fsp3) is 0.190. The number of ether oxygens (including phenoxy) is 1. The van der Waals surface area contributed by atoms with Crippen LogP contribution in [0, 0.1) is 3.57 Å². The monoisotopic (exact) mass is 580 g/mol. The average molecular weight is 581 g/mol. The maximum absolute atomic E-state index is 12.5. The number of carbonyl (C=O) groups excluding carboxylic acids is 1. The normalized spacial score (nSPS) is 11.2. The summed E-state index contributed by atoms with van der Waals surface area (Å²) >= 11 is 8.42. The molecule has 0 radical (unpaired) electrons. The van der Waals surface area contributed by atoms with Gasteiger partial charge in [-0.3, -0.25) is 15.1 Å². The second-order valence-corrected chi connectivity index (χ2v) is 8.27. The molecule has 1 aromatic carbocycles. The Balaban J connectivity index is 1.50. The number of halogens is 2. The van der Waals surface area contributed by atoms with E-state index in [1.54, 1.807) is 18.3 Å². The quantitative estimate of drug-likeness (QED) is 0.130. The predicted molar refractivity (Wildman–Crippen MR) is 136 cm³/mol. The Morgan fingerprint density at radius 1 is 1.18 bits per heavy atom. The van der Waals surface area contributed by atoms with Crippen molar-refractivity contribution >= 4 is 57.7 Å². The summed E-state index contributed by atoms with van der Waals surface area (Å²) in [7, 11) is 0. The zero-order valence-corrected chi connectivity index (χ0v) is 20.4. The van der Waals surface area contributed by atoms with Gasteiger partial charge >= 0.3 is 0 Å². The molecule has 0 aliphatic heterocycles. The standard InChI is InChI=1S/C21H22ClIN8O2/c22-17-19(28-12-13-5-7-14(23)8-6-13)30-18(24)16(29-17)20(32)31-21(25)27-10-3-11-33-15-4-1-2-9-26-15/h1-2,4-9H,3,10-12H2,(H3,24,28,30)(H3,25,27,31,32). The Morgan fingerprint density at radius 3 is 2.70 bits per heavy atom. The van der Waals surface area contributed by atoms with Crippen molar-refractivity contribution in [1.29, 1.82) is 0 Å². The van der Waals surface area contributed by atoms with Gasteiger partial charge in [0.1, 0.15) is 0 Å². The van der Waals surface area contributed by atoms with Crippen molar-refractivity contribution in [2.24, 2.45) is 10.7 Å². The number of guanidine groups is 1. The number of pyridine rings is 1. The van der Waals surface area contributed by atoms with E-state index in [1.807, 2.05) is 30.3 Å². The lowest BCUT2D eigenvalue weighted by molar-refractivity contribution is 0.0972. The molecule has 33 heavy (non-hydrogen) atoms. The molecule has 2 heterocycles. The van der Waals surface area contributed by atoms with Crippen LogP contribution in [-0.4, -0.2) is 40.0 Å². The molecule has 0 aliphatic carbocycles. The number of nitrogens with two attached hydrogens (primary N) is 2. The summed E-state index contributed by atoms with van der Waals surface area (Å²) in [5.74, 6) is -0.00400. The summed E-state index contributed by atoms with van der Waals surface area (Å²) in [5, 5.41) is 5.51. The van der Waals surface area contributed by atoms with E-state index in [0.29, 0.717) is 32.0 Å². The van der Waals surface area contributed by atoms with Gasteiger partial charge < -0.3 is 21.5 Å². The minimum absolute atomic E-state index is 0.0158. The minimum atomic E-state index is -0.655. The lowest BCUT2D eigenvalue weighted by atomic mass is 10.2. The van der Waals surface area contributed by atoms with Gasteiger partial charge in [0, 0.05) is 35.3 Å². The van der Waals surface area contributed by atoms with Crippen molar-refractivity contribution in [3.05, 3.63) is 68.6 Å². The molecule has 0 atom stereocenters. The Kier molecular flexibility index (Phi) is 9.01. The first-order valence-corrected chi connectivity index (χ1v) is 11.3. The van der Waals surface area contributed by atoms with Crippen LogP contribution < -0.4 is 26.8 Å². The summed E-state index contributed by atoms with van der Waals surface area (Å²) in [6.45, 7) is 1.23. The third-order valence-corrected chi connectivity index (χ3v) is 5.17. The molecule has 172 valence electrons. The highest BCUT2D eigenvalue weighted by Gasteiger charge is 2.17. The number of nitrogens with zero attached hydrogens (tertiary/aromatic N) is 4. The summed E-state index contributed by atoms with van der Waals surface area (Å²) in [6.07, 6.45) is 2.23. The molecule has 1 amide bonds. The Bertz CT molecular complexity index is 1110. The number of amides is 1. The Hall–Kier alpha value is -3.19. The maximum atomic E-state index is 12.5. The van der Waals surface area contributed by atoms with Gasteiger partial charge in [0.15, 0.2) is 28.4 Å². The first-order valence-electron chi connectivity index (χ1n) is 9.89. The molecule has 0 unspecified atom stereocenters. The van der Waals surface area contributed by atoms with Gasteiger partial charge in [-0.15, -0.1) is 0 Å². The first-order chi connectivity index (χ1) is 15.9. The Labute approximate surface area is 209 Å². The van der Waals surface area contributed by atoms with Crippen LogP contribution in [0.15, 0.2) is 53.7 Å². The zero-order chi connectivity index (χ0) is 23.6. The van der Waals surface area contributed by atoms with Gasteiger partial charge in [-0.2, -0.15) is 0 Å². The van der Waals surface area contributed by atoms with E-state index in [1.165, 1.54) is 0 Å². The summed E-state index contributed by atoms with van der Waals surface area (Å²) in [6, 6.07) is 13.3. The van der Waals surface area contributed by atoms with Crippen LogP contribution in [0.5, 0.6) is 5.88 Å². The van der Waals surface area contributed by atoms with Gasteiger partial charge in [0.05, 0.1) is 6.61 Å². The van der Waals surface area contributed by atoms with Crippen LogP contribution in [0.2, 0.25) is 5.15 Å². The van der Waals surface area contributed by atoms with Gasteiger partial charge in [-0.25, -0.2) is 15.0 Å². The molecule has 0 spiro atoms. The number of rotatable bonds is 9. The molecule has 10 nitrogen and oxygen atoms in total. The molecule has 0 saturated carbocycles. The third kappa shape index (κ3) is 7.71. The minimum Gasteiger partial charge on any atom is -0.478 e. The molecular formula is C21H22ClIN8O2. The third-order valence-electron chi connectivity index (χ3n) is 4.18. The van der Waals surface area contributed by atoms with Crippen molar-refractivity contribution in [1.82, 2.24) is 20.3 Å². The van der Waals surface area contributed by atoms with Crippen LogP contribution in [0.25, 0.3) is 0 Å². The molecule has 0 saturated heterocycles. The first kappa shape index (κ1) is 24.5. The van der Waals surface area contributed by atoms with E-state index in [2.05, 4.69) is 53.2 Å². The molecular weight excluding hydrogens is 559 g/mol. The number of aliphatic imine (C=N–C) groups is 1. The second kappa shape index (κ2) is 12.2. The average Bonchev–Trinajstić information content (AvgIpc) is 2.80. The smallest absolute Gasteiger partial charge is 0.280 e. The van der Waals surface area contributed by atoms with E-state index in [4.69, 9.17) is 27.8 Å². The van der Waals surface area contributed by atoms with Crippen LogP contribution in [0.1, 0.15) is 22.5 Å². The molecule has 12 heteroatoms. The molecule has 0 bridgehead atoms. The van der Waals surface area contributed by atoms with Crippen LogP contribution in [0.3, 0.4) is 0 Å². The summed E-state index contributed by atoms with van der Waals surface area (Å²) in [5.41, 5.74) is 12.6. The number of carbonyl (C=O) groups is 1. The number of nitrogen functional groups attached to an aromatic ring is 1. The van der Waals surface area contributed by atoms with Crippen LogP contribution in [0.4, 0.5) is 11.6 Å². The number of anilines is 2. The molecule has 0 fully saturated rings. The molecule has 3 aromatic rings. The van der Waals surface area contributed by atoms with E-state index in [-0.39, 0.29) is 28.4 Å². The molecule has 3 rings (SSSR count). The van der Waals surface area contributed by atoms with Crippen LogP contribution >= 0.6 is 34.2 Å². The van der Waals surface area contributed by atoms with Gasteiger partial charge in [-0.1, -0.05) is 29.8 Å². The fourth-order valence-corrected chi connectivity index (χ4v) is 3.14. The number of aromatic nitrogens is 3. The van der Waals surface area contributed by atoms with E-state index >= 15 is 0 Å². The van der Waals surface area contributed by atoms with Crippen molar-refractivity contribution in [3.8, 4) is 5.88 Å². The van der Waals surface area contributed by atoms with Gasteiger partial charge in [0.25, 0.3) is 5.91 Å². The van der Waals surface area contributed by atoms with E-state index in [9.17, 15) is 4.79 Å². The highest BCUT2D eigenvalue weighted by Crippen LogP contribution is 2.21. The lowest BCUT2D eigenvalue weighted by Crippen LogP contribution is -2.38. The highest BCUT2D eigenvalue weighted by atomic mass is 127. The molecule has 6 N–H and O–H groups in total. The maximum Gasteiger partial charge on any atom is 0.280 e. The van der Waals surface area contributed by atoms with Gasteiger partial charge in [-0.05, 0) is 46.4 Å². The van der Waals surface area contributed by atoms with Crippen LogP contribution in [-0.2, 0) is 6.54 Å². The highest BCUT2D eigenvalue weighted by molar-refractivity contribution is 14.1. The van der Waals surface area contributed by atoms with Gasteiger partial charge in [0.2, 0.25) is 5.88 Å². The second-order valence-electron chi connectivity index (χ2n) is 6.67.